The predicted molar refractivity (Wildman–Crippen MR) is 90.6 cm³/mol. The number of nitrogens with zero attached hydrogens (tertiary/aromatic N) is 3. The lowest BCUT2D eigenvalue weighted by molar-refractivity contribution is 0.0994. The van der Waals surface area contributed by atoms with Gasteiger partial charge in [-0.2, -0.15) is 5.10 Å². The molecule has 2 aromatic rings. The Morgan fingerprint density at radius 3 is 3.00 bits per heavy atom. The normalized spacial score (nSPS) is 19.6. The zero-order chi connectivity index (χ0) is 16.7. The Labute approximate surface area is 144 Å². The van der Waals surface area contributed by atoms with E-state index in [1.165, 1.54) is 0 Å². The van der Waals surface area contributed by atoms with Crippen molar-refractivity contribution >= 4 is 29.1 Å². The molecule has 6 nitrogen and oxygen atoms in total. The highest BCUT2D eigenvalue weighted by atomic mass is 35.5. The van der Waals surface area contributed by atoms with E-state index in [1.807, 2.05) is 10.7 Å². The number of likely N-dealkylation sites (tertiary alicyclic amines) is 1. The van der Waals surface area contributed by atoms with Crippen LogP contribution in [0.1, 0.15) is 34.8 Å². The molecule has 1 aliphatic carbocycles. The fourth-order valence-electron chi connectivity index (χ4n) is 3.39. The van der Waals surface area contributed by atoms with Gasteiger partial charge < -0.3 is 10.2 Å². The number of urea groups is 1. The van der Waals surface area contributed by atoms with E-state index in [0.29, 0.717) is 24.5 Å². The Morgan fingerprint density at radius 1 is 1.33 bits per heavy atom. The van der Waals surface area contributed by atoms with E-state index in [1.54, 1.807) is 29.4 Å². The SMILES string of the molecule is O=C1CCc2cc(NC(=O)N3CC[C@@H](n4cc(Cl)cn4)C3)ccc21. The molecule has 2 aliphatic rings. The van der Waals surface area contributed by atoms with E-state index in [2.05, 4.69) is 10.4 Å². The van der Waals surface area contributed by atoms with Gasteiger partial charge in [-0.3, -0.25) is 9.48 Å². The van der Waals surface area contributed by atoms with Gasteiger partial charge in [-0.1, -0.05) is 11.6 Å². The second-order valence-corrected chi connectivity index (χ2v) is 6.69. The van der Waals surface area contributed by atoms with Crippen LogP contribution in [0.3, 0.4) is 0 Å². The summed E-state index contributed by atoms with van der Waals surface area (Å²) in [7, 11) is 0. The van der Waals surface area contributed by atoms with Gasteiger partial charge in [0.1, 0.15) is 0 Å². The number of carbonyl (C=O) groups excluding carboxylic acids is 2. The fourth-order valence-corrected chi connectivity index (χ4v) is 3.54. The van der Waals surface area contributed by atoms with E-state index in [9.17, 15) is 9.59 Å². The molecule has 2 amide bonds. The summed E-state index contributed by atoms with van der Waals surface area (Å²) in [5.41, 5.74) is 2.53. The minimum absolute atomic E-state index is 0.125. The van der Waals surface area contributed by atoms with Gasteiger partial charge in [0, 0.05) is 37.0 Å². The first-order valence-corrected chi connectivity index (χ1v) is 8.39. The molecule has 7 heteroatoms. The third-order valence-electron chi connectivity index (χ3n) is 4.67. The number of amides is 2. The number of anilines is 1. The standard InChI is InChI=1S/C17H17ClN4O2/c18-12-8-19-22(9-12)14-5-6-21(10-14)17(24)20-13-2-3-15-11(7-13)1-4-16(15)23/h2-3,7-9,14H,1,4-6,10H2,(H,20,24)/t14-/m1/s1. The van der Waals surface area contributed by atoms with Crippen LogP contribution in [0.25, 0.3) is 0 Å². The summed E-state index contributed by atoms with van der Waals surface area (Å²) in [5, 5.41) is 7.74. The quantitative estimate of drug-likeness (QED) is 0.910. The van der Waals surface area contributed by atoms with Crippen molar-refractivity contribution in [2.45, 2.75) is 25.3 Å². The number of carbonyl (C=O) groups is 2. The van der Waals surface area contributed by atoms with Gasteiger partial charge in [0.2, 0.25) is 0 Å². The van der Waals surface area contributed by atoms with Crippen LogP contribution in [-0.2, 0) is 6.42 Å². The summed E-state index contributed by atoms with van der Waals surface area (Å²) in [5.74, 6) is 0.183. The average Bonchev–Trinajstić information content (AvgIpc) is 3.27. The lowest BCUT2D eigenvalue weighted by Crippen LogP contribution is -2.33. The minimum Gasteiger partial charge on any atom is -0.322 e. The van der Waals surface area contributed by atoms with Crippen molar-refractivity contribution in [2.24, 2.45) is 0 Å². The summed E-state index contributed by atoms with van der Waals surface area (Å²) in [6.45, 7) is 1.28. The number of ketones is 1. The number of nitrogens with one attached hydrogen (secondary N) is 1. The molecule has 1 aromatic carbocycles. The van der Waals surface area contributed by atoms with Gasteiger partial charge in [-0.05, 0) is 36.6 Å². The second kappa shape index (κ2) is 5.94. The molecule has 1 atom stereocenters. The molecule has 1 saturated heterocycles. The highest BCUT2D eigenvalue weighted by Crippen LogP contribution is 2.26. The monoisotopic (exact) mass is 344 g/mol. The van der Waals surface area contributed by atoms with Gasteiger partial charge in [0.25, 0.3) is 0 Å². The van der Waals surface area contributed by atoms with Crippen LogP contribution in [0.2, 0.25) is 5.02 Å². The number of benzene rings is 1. The number of rotatable bonds is 2. The van der Waals surface area contributed by atoms with Crippen molar-refractivity contribution in [3.63, 3.8) is 0 Å². The molecule has 1 aromatic heterocycles. The molecular formula is C17H17ClN4O2. The molecule has 24 heavy (non-hydrogen) atoms. The number of fused-ring (bicyclic) bond motifs is 1. The predicted octanol–water partition coefficient (Wildman–Crippen LogP) is 3.14. The van der Waals surface area contributed by atoms with Gasteiger partial charge >= 0.3 is 6.03 Å². The topological polar surface area (TPSA) is 67.2 Å². The Morgan fingerprint density at radius 2 is 2.21 bits per heavy atom. The van der Waals surface area contributed by atoms with Crippen LogP contribution >= 0.6 is 11.6 Å². The summed E-state index contributed by atoms with van der Waals surface area (Å²) in [6, 6.07) is 5.53. The van der Waals surface area contributed by atoms with E-state index in [0.717, 1.165) is 29.7 Å². The third kappa shape index (κ3) is 2.78. The number of aryl methyl sites for hydroxylation is 1. The molecule has 0 spiro atoms. The highest BCUT2D eigenvalue weighted by Gasteiger charge is 2.28. The molecule has 0 unspecified atom stereocenters. The van der Waals surface area contributed by atoms with Crippen LogP contribution in [0.15, 0.2) is 30.6 Å². The van der Waals surface area contributed by atoms with Crippen molar-refractivity contribution < 1.29 is 9.59 Å². The van der Waals surface area contributed by atoms with E-state index < -0.39 is 0 Å². The van der Waals surface area contributed by atoms with E-state index >= 15 is 0 Å². The largest absolute Gasteiger partial charge is 0.322 e. The smallest absolute Gasteiger partial charge is 0.321 e. The zero-order valence-electron chi connectivity index (χ0n) is 13.0. The molecule has 0 bridgehead atoms. The van der Waals surface area contributed by atoms with E-state index in [-0.39, 0.29) is 17.9 Å². The Bertz CT molecular complexity index is 817. The molecule has 2 heterocycles. The third-order valence-corrected chi connectivity index (χ3v) is 4.87. The van der Waals surface area contributed by atoms with Gasteiger partial charge in [-0.25, -0.2) is 4.79 Å². The van der Waals surface area contributed by atoms with E-state index in [4.69, 9.17) is 11.6 Å². The number of hydrogen-bond donors (Lipinski definition) is 1. The Hall–Kier alpha value is -2.34. The van der Waals surface area contributed by atoms with Crippen LogP contribution < -0.4 is 5.32 Å². The summed E-state index contributed by atoms with van der Waals surface area (Å²) >= 11 is 5.90. The first-order chi connectivity index (χ1) is 11.6. The van der Waals surface area contributed by atoms with Crippen molar-refractivity contribution in [1.29, 1.82) is 0 Å². The number of halogens is 1. The number of hydrogen-bond acceptors (Lipinski definition) is 3. The van der Waals surface area contributed by atoms with Crippen LogP contribution in [-0.4, -0.2) is 39.6 Å². The van der Waals surface area contributed by atoms with Crippen LogP contribution in [0.4, 0.5) is 10.5 Å². The molecule has 1 fully saturated rings. The summed E-state index contributed by atoms with van der Waals surface area (Å²) < 4.78 is 1.82. The maximum atomic E-state index is 12.5. The Balaban J connectivity index is 1.41. The number of Topliss-reactive ketones (excluding diaryl/α,β-unsaturated/α-hetero) is 1. The van der Waals surface area contributed by atoms with Crippen molar-refractivity contribution in [1.82, 2.24) is 14.7 Å². The maximum Gasteiger partial charge on any atom is 0.321 e. The van der Waals surface area contributed by atoms with Crippen LogP contribution in [0, 0.1) is 0 Å². The zero-order valence-corrected chi connectivity index (χ0v) is 13.8. The summed E-state index contributed by atoms with van der Waals surface area (Å²) in [4.78, 5) is 25.9. The average molecular weight is 345 g/mol. The first-order valence-electron chi connectivity index (χ1n) is 8.02. The van der Waals surface area contributed by atoms with Crippen molar-refractivity contribution in [3.05, 3.63) is 46.7 Å². The van der Waals surface area contributed by atoms with Crippen molar-refractivity contribution in [3.8, 4) is 0 Å². The lowest BCUT2D eigenvalue weighted by atomic mass is 10.1. The molecule has 1 N–H and O–H groups in total. The molecule has 124 valence electrons. The first kappa shape index (κ1) is 15.2. The van der Waals surface area contributed by atoms with Gasteiger partial charge in [-0.15, -0.1) is 0 Å². The molecule has 0 radical (unpaired) electrons. The summed E-state index contributed by atoms with van der Waals surface area (Å²) in [6.07, 6.45) is 5.56. The second-order valence-electron chi connectivity index (χ2n) is 6.25. The van der Waals surface area contributed by atoms with Gasteiger partial charge in [0.15, 0.2) is 5.78 Å². The van der Waals surface area contributed by atoms with Crippen LogP contribution in [0.5, 0.6) is 0 Å². The molecular weight excluding hydrogens is 328 g/mol. The minimum atomic E-state index is -0.125. The Kier molecular flexibility index (Phi) is 3.76. The number of aromatic nitrogens is 2. The highest BCUT2D eigenvalue weighted by molar-refractivity contribution is 6.30. The fraction of sp³-hybridized carbons (Fsp3) is 0.353. The lowest BCUT2D eigenvalue weighted by Gasteiger charge is -2.18. The van der Waals surface area contributed by atoms with Crippen molar-refractivity contribution in [2.75, 3.05) is 18.4 Å². The van der Waals surface area contributed by atoms with Gasteiger partial charge in [0.05, 0.1) is 17.3 Å². The maximum absolute atomic E-state index is 12.5. The molecule has 0 saturated carbocycles. The molecule has 4 rings (SSSR count). The molecule has 1 aliphatic heterocycles.